The van der Waals surface area contributed by atoms with Crippen molar-refractivity contribution in [3.8, 4) is 0 Å². The SMILES string of the molecule is CCCCCCCCCC(Br)c1c(F)cc(F)cc1F. The zero-order chi connectivity index (χ0) is 15.0. The summed E-state index contributed by atoms with van der Waals surface area (Å²) >= 11 is 3.30. The van der Waals surface area contributed by atoms with Crippen molar-refractivity contribution in [2.45, 2.75) is 63.1 Å². The molecule has 114 valence electrons. The highest BCUT2D eigenvalue weighted by atomic mass is 79.9. The van der Waals surface area contributed by atoms with Crippen molar-refractivity contribution in [1.29, 1.82) is 0 Å². The Bertz CT molecular complexity index is 384. The summed E-state index contributed by atoms with van der Waals surface area (Å²) in [5.74, 6) is -2.50. The summed E-state index contributed by atoms with van der Waals surface area (Å²) in [6.07, 6.45) is 8.78. The highest BCUT2D eigenvalue weighted by Gasteiger charge is 2.18. The molecule has 0 spiro atoms. The predicted molar refractivity (Wildman–Crippen MR) is 80.6 cm³/mol. The highest BCUT2D eigenvalue weighted by Crippen LogP contribution is 2.33. The summed E-state index contributed by atoms with van der Waals surface area (Å²) in [6, 6.07) is 1.47. The second-order valence-electron chi connectivity index (χ2n) is 5.16. The second kappa shape index (κ2) is 9.43. The molecule has 1 aromatic carbocycles. The van der Waals surface area contributed by atoms with Crippen molar-refractivity contribution in [3.05, 3.63) is 35.1 Å². The highest BCUT2D eigenvalue weighted by molar-refractivity contribution is 9.09. The molecular formula is C16H22BrF3. The van der Waals surface area contributed by atoms with E-state index in [1.807, 2.05) is 0 Å². The number of hydrogen-bond donors (Lipinski definition) is 0. The van der Waals surface area contributed by atoms with E-state index in [2.05, 4.69) is 22.9 Å². The van der Waals surface area contributed by atoms with Crippen molar-refractivity contribution < 1.29 is 13.2 Å². The Kier molecular flexibility index (Phi) is 8.27. The molecule has 1 aromatic rings. The van der Waals surface area contributed by atoms with Crippen LogP contribution in [0.5, 0.6) is 0 Å². The third-order valence-corrected chi connectivity index (χ3v) is 4.33. The minimum Gasteiger partial charge on any atom is -0.207 e. The average molecular weight is 351 g/mol. The maximum absolute atomic E-state index is 13.6. The monoisotopic (exact) mass is 350 g/mol. The fourth-order valence-electron chi connectivity index (χ4n) is 2.28. The van der Waals surface area contributed by atoms with Crippen molar-refractivity contribution in [2.24, 2.45) is 0 Å². The summed E-state index contributed by atoms with van der Waals surface area (Å²) in [5, 5.41) is 0. The molecule has 0 nitrogen and oxygen atoms in total. The molecule has 0 fully saturated rings. The van der Waals surface area contributed by atoms with Gasteiger partial charge in [0.25, 0.3) is 0 Å². The van der Waals surface area contributed by atoms with Gasteiger partial charge in [-0.1, -0.05) is 67.8 Å². The molecule has 0 amide bonds. The molecule has 0 heterocycles. The molecule has 1 atom stereocenters. The van der Waals surface area contributed by atoms with Crippen LogP contribution < -0.4 is 0 Å². The van der Waals surface area contributed by atoms with E-state index in [0.717, 1.165) is 31.4 Å². The Labute approximate surface area is 127 Å². The lowest BCUT2D eigenvalue weighted by atomic mass is 10.0. The molecule has 1 unspecified atom stereocenters. The third kappa shape index (κ3) is 5.86. The first-order valence-electron chi connectivity index (χ1n) is 7.34. The summed E-state index contributed by atoms with van der Waals surface area (Å²) in [5.41, 5.74) is -0.0580. The van der Waals surface area contributed by atoms with Gasteiger partial charge in [0.1, 0.15) is 17.5 Å². The molecule has 0 aliphatic rings. The van der Waals surface area contributed by atoms with Gasteiger partial charge in [-0.2, -0.15) is 0 Å². The molecule has 0 bridgehead atoms. The summed E-state index contributed by atoms with van der Waals surface area (Å²) in [4.78, 5) is -0.390. The standard InChI is InChI=1S/C16H22BrF3/c1-2-3-4-5-6-7-8-9-13(17)16-14(19)10-12(18)11-15(16)20/h10-11,13H,2-9H2,1H3. The van der Waals surface area contributed by atoms with Crippen molar-refractivity contribution in [1.82, 2.24) is 0 Å². The van der Waals surface area contributed by atoms with Gasteiger partial charge >= 0.3 is 0 Å². The normalized spacial score (nSPS) is 12.7. The number of hydrogen-bond acceptors (Lipinski definition) is 0. The van der Waals surface area contributed by atoms with E-state index < -0.39 is 22.3 Å². The van der Waals surface area contributed by atoms with E-state index in [-0.39, 0.29) is 5.56 Å². The maximum Gasteiger partial charge on any atom is 0.133 e. The van der Waals surface area contributed by atoms with Gasteiger partial charge in [-0.15, -0.1) is 0 Å². The van der Waals surface area contributed by atoms with Gasteiger partial charge in [0, 0.05) is 22.5 Å². The summed E-state index contributed by atoms with van der Waals surface area (Å²) in [6.45, 7) is 2.18. The van der Waals surface area contributed by atoms with Crippen molar-refractivity contribution >= 4 is 15.9 Å². The van der Waals surface area contributed by atoms with Gasteiger partial charge in [0.15, 0.2) is 0 Å². The topological polar surface area (TPSA) is 0 Å². The number of halogens is 4. The quantitative estimate of drug-likeness (QED) is 0.344. The smallest absolute Gasteiger partial charge is 0.133 e. The predicted octanol–water partition coefficient (Wildman–Crippen LogP) is 6.68. The Morgan fingerprint density at radius 1 is 0.900 bits per heavy atom. The van der Waals surface area contributed by atoms with E-state index in [0.29, 0.717) is 6.42 Å². The van der Waals surface area contributed by atoms with E-state index in [1.54, 1.807) is 0 Å². The molecular weight excluding hydrogens is 329 g/mol. The van der Waals surface area contributed by atoms with Crippen LogP contribution in [-0.4, -0.2) is 0 Å². The fourth-order valence-corrected chi connectivity index (χ4v) is 3.04. The van der Waals surface area contributed by atoms with E-state index >= 15 is 0 Å². The minimum atomic E-state index is -0.876. The molecule has 0 aliphatic carbocycles. The van der Waals surface area contributed by atoms with Crippen molar-refractivity contribution in [3.63, 3.8) is 0 Å². The number of rotatable bonds is 9. The maximum atomic E-state index is 13.6. The Balaban J connectivity index is 2.34. The number of unbranched alkanes of at least 4 members (excludes halogenated alkanes) is 6. The van der Waals surface area contributed by atoms with Gasteiger partial charge in [-0.3, -0.25) is 0 Å². The van der Waals surface area contributed by atoms with Crippen LogP contribution in [0.1, 0.15) is 68.7 Å². The molecule has 0 N–H and O–H groups in total. The molecule has 0 saturated carbocycles. The van der Waals surface area contributed by atoms with Crippen LogP contribution in [0.15, 0.2) is 12.1 Å². The van der Waals surface area contributed by atoms with Gasteiger partial charge in [0.05, 0.1) is 0 Å². The molecule has 0 aromatic heterocycles. The third-order valence-electron chi connectivity index (χ3n) is 3.42. The molecule has 0 saturated heterocycles. The molecule has 0 aliphatic heterocycles. The lowest BCUT2D eigenvalue weighted by Gasteiger charge is -2.12. The van der Waals surface area contributed by atoms with Gasteiger partial charge < -0.3 is 0 Å². The van der Waals surface area contributed by atoms with Crippen LogP contribution >= 0.6 is 15.9 Å². The van der Waals surface area contributed by atoms with Crippen LogP contribution in [-0.2, 0) is 0 Å². The minimum absolute atomic E-state index is 0.0580. The lowest BCUT2D eigenvalue weighted by molar-refractivity contribution is 0.512. The molecule has 1 rings (SSSR count). The first-order chi connectivity index (χ1) is 9.56. The summed E-state index contributed by atoms with van der Waals surface area (Å²) < 4.78 is 40.0. The Morgan fingerprint density at radius 3 is 1.95 bits per heavy atom. The van der Waals surface area contributed by atoms with Crippen LogP contribution in [0.3, 0.4) is 0 Å². The van der Waals surface area contributed by atoms with E-state index in [1.165, 1.54) is 25.7 Å². The lowest BCUT2D eigenvalue weighted by Crippen LogP contribution is -2.00. The summed E-state index contributed by atoms with van der Waals surface area (Å²) in [7, 11) is 0. The Morgan fingerprint density at radius 2 is 1.40 bits per heavy atom. The van der Waals surface area contributed by atoms with E-state index in [4.69, 9.17) is 0 Å². The zero-order valence-electron chi connectivity index (χ0n) is 11.9. The van der Waals surface area contributed by atoms with Gasteiger partial charge in [-0.05, 0) is 6.42 Å². The fraction of sp³-hybridized carbons (Fsp3) is 0.625. The van der Waals surface area contributed by atoms with Crippen LogP contribution in [0.2, 0.25) is 0 Å². The Hall–Kier alpha value is -0.510. The number of alkyl halides is 1. The first kappa shape index (κ1) is 17.5. The van der Waals surface area contributed by atoms with Gasteiger partial charge in [-0.25, -0.2) is 13.2 Å². The van der Waals surface area contributed by atoms with Crippen LogP contribution in [0.25, 0.3) is 0 Å². The largest absolute Gasteiger partial charge is 0.207 e. The zero-order valence-corrected chi connectivity index (χ0v) is 13.5. The molecule has 0 radical (unpaired) electrons. The first-order valence-corrected chi connectivity index (χ1v) is 8.26. The number of benzene rings is 1. The second-order valence-corrected chi connectivity index (χ2v) is 6.27. The van der Waals surface area contributed by atoms with Crippen molar-refractivity contribution in [2.75, 3.05) is 0 Å². The van der Waals surface area contributed by atoms with Gasteiger partial charge in [0.2, 0.25) is 0 Å². The molecule has 4 heteroatoms. The van der Waals surface area contributed by atoms with Crippen LogP contribution in [0, 0.1) is 17.5 Å². The van der Waals surface area contributed by atoms with E-state index in [9.17, 15) is 13.2 Å². The molecule has 20 heavy (non-hydrogen) atoms. The van der Waals surface area contributed by atoms with Crippen LogP contribution in [0.4, 0.5) is 13.2 Å². The average Bonchev–Trinajstić information content (AvgIpc) is 2.36.